The Balaban J connectivity index is 2.05. The van der Waals surface area contributed by atoms with Crippen molar-refractivity contribution >= 4 is 39.4 Å². The summed E-state index contributed by atoms with van der Waals surface area (Å²) < 4.78 is 12.5. The van der Waals surface area contributed by atoms with E-state index >= 15 is 0 Å². The van der Waals surface area contributed by atoms with Crippen LogP contribution in [0.5, 0.6) is 0 Å². The molecular formula is C18H20N2O5S. The van der Waals surface area contributed by atoms with Gasteiger partial charge in [0.2, 0.25) is 0 Å². The Hall–Kier alpha value is -2.48. The molecular weight excluding hydrogens is 356 g/mol. The number of esters is 2. The van der Waals surface area contributed by atoms with E-state index in [-0.39, 0.29) is 25.0 Å². The third kappa shape index (κ3) is 4.01. The number of hydrogen-bond acceptors (Lipinski definition) is 6. The lowest BCUT2D eigenvalue weighted by molar-refractivity contribution is -0.143. The maximum absolute atomic E-state index is 12.1. The Bertz CT molecular complexity index is 923. The van der Waals surface area contributed by atoms with Gasteiger partial charge in [0, 0.05) is 5.92 Å². The van der Waals surface area contributed by atoms with Gasteiger partial charge in [0.15, 0.2) is 4.80 Å². The number of nitrogens with zero attached hydrogens (tertiary/aromatic N) is 2. The third-order valence-electron chi connectivity index (χ3n) is 3.92. The molecule has 0 atom stereocenters. The Morgan fingerprint density at radius 2 is 1.92 bits per heavy atom. The first-order valence-electron chi connectivity index (χ1n) is 8.58. The molecule has 0 saturated heterocycles. The maximum atomic E-state index is 12.1. The quantitative estimate of drug-likeness (QED) is 0.722. The van der Waals surface area contributed by atoms with Crippen LogP contribution in [0.3, 0.4) is 0 Å². The van der Waals surface area contributed by atoms with Gasteiger partial charge in [-0.2, -0.15) is 4.99 Å². The first-order chi connectivity index (χ1) is 12.5. The van der Waals surface area contributed by atoms with Crippen molar-refractivity contribution in [1.82, 2.24) is 4.57 Å². The summed E-state index contributed by atoms with van der Waals surface area (Å²) in [7, 11) is 0. The molecule has 26 heavy (non-hydrogen) atoms. The Labute approximate surface area is 154 Å². The van der Waals surface area contributed by atoms with E-state index in [1.165, 1.54) is 11.3 Å². The molecule has 7 nitrogen and oxygen atoms in total. The van der Waals surface area contributed by atoms with Gasteiger partial charge in [0.1, 0.15) is 6.54 Å². The average molecular weight is 376 g/mol. The summed E-state index contributed by atoms with van der Waals surface area (Å²) >= 11 is 1.27. The van der Waals surface area contributed by atoms with Crippen molar-refractivity contribution in [1.29, 1.82) is 0 Å². The molecule has 1 fully saturated rings. The second kappa shape index (κ2) is 7.82. The van der Waals surface area contributed by atoms with Gasteiger partial charge in [-0.3, -0.25) is 9.59 Å². The second-order valence-corrected chi connectivity index (χ2v) is 6.91. The molecule has 3 rings (SSSR count). The molecule has 138 valence electrons. The van der Waals surface area contributed by atoms with Crippen molar-refractivity contribution in [2.24, 2.45) is 10.9 Å². The topological polar surface area (TPSA) is 87.0 Å². The number of ether oxygens (including phenoxy) is 2. The molecule has 1 aromatic heterocycles. The summed E-state index contributed by atoms with van der Waals surface area (Å²) in [6.07, 6.45) is 1.72. The molecule has 8 heteroatoms. The summed E-state index contributed by atoms with van der Waals surface area (Å²) in [5, 5.41) is 0. The lowest BCUT2D eigenvalue weighted by atomic mass is 10.2. The number of fused-ring (bicyclic) bond motifs is 1. The molecule has 1 heterocycles. The fourth-order valence-electron chi connectivity index (χ4n) is 2.50. The van der Waals surface area contributed by atoms with Crippen LogP contribution in [0, 0.1) is 5.92 Å². The van der Waals surface area contributed by atoms with Crippen molar-refractivity contribution in [2.75, 3.05) is 13.2 Å². The highest BCUT2D eigenvalue weighted by molar-refractivity contribution is 7.16. The minimum Gasteiger partial charge on any atom is -0.465 e. The summed E-state index contributed by atoms with van der Waals surface area (Å²) in [5.41, 5.74) is 1.14. The molecule has 1 aliphatic carbocycles. The van der Waals surface area contributed by atoms with Gasteiger partial charge in [0.05, 0.1) is 29.0 Å². The van der Waals surface area contributed by atoms with Crippen molar-refractivity contribution in [2.45, 2.75) is 33.2 Å². The minimum atomic E-state index is -0.410. The molecule has 0 radical (unpaired) electrons. The lowest BCUT2D eigenvalue weighted by Crippen LogP contribution is -2.23. The summed E-state index contributed by atoms with van der Waals surface area (Å²) in [6, 6.07) is 5.07. The number of aromatic nitrogens is 1. The zero-order valence-corrected chi connectivity index (χ0v) is 15.5. The van der Waals surface area contributed by atoms with Crippen molar-refractivity contribution in [3.63, 3.8) is 0 Å². The fourth-order valence-corrected chi connectivity index (χ4v) is 3.58. The zero-order chi connectivity index (χ0) is 18.7. The molecule has 1 amide bonds. The monoisotopic (exact) mass is 376 g/mol. The predicted molar refractivity (Wildman–Crippen MR) is 95.7 cm³/mol. The van der Waals surface area contributed by atoms with Crippen molar-refractivity contribution in [3.05, 3.63) is 28.6 Å². The predicted octanol–water partition coefficient (Wildman–Crippen LogP) is 2.28. The average Bonchev–Trinajstić information content (AvgIpc) is 3.40. The van der Waals surface area contributed by atoms with Gasteiger partial charge >= 0.3 is 11.9 Å². The number of thiazole rings is 1. The van der Waals surface area contributed by atoms with Crippen LogP contribution in [-0.4, -0.2) is 35.6 Å². The van der Waals surface area contributed by atoms with E-state index in [1.54, 1.807) is 36.6 Å². The van der Waals surface area contributed by atoms with Gasteiger partial charge in [-0.05, 0) is 44.9 Å². The van der Waals surface area contributed by atoms with Crippen LogP contribution in [0.2, 0.25) is 0 Å². The fraction of sp³-hybridized carbons (Fsp3) is 0.444. The minimum absolute atomic E-state index is 0.00801. The summed E-state index contributed by atoms with van der Waals surface area (Å²) in [4.78, 5) is 40.7. The number of carbonyl (C=O) groups is 3. The molecule has 0 unspecified atom stereocenters. The molecule has 0 aliphatic heterocycles. The number of benzene rings is 1. The van der Waals surface area contributed by atoms with Crippen LogP contribution in [-0.2, 0) is 25.6 Å². The smallest absolute Gasteiger partial charge is 0.338 e. The molecule has 2 aromatic rings. The van der Waals surface area contributed by atoms with Crippen LogP contribution in [0.4, 0.5) is 0 Å². The van der Waals surface area contributed by atoms with E-state index in [4.69, 9.17) is 9.47 Å². The summed E-state index contributed by atoms with van der Waals surface area (Å²) in [6.45, 7) is 4.02. The van der Waals surface area contributed by atoms with E-state index < -0.39 is 11.9 Å². The van der Waals surface area contributed by atoms with Gasteiger partial charge < -0.3 is 14.0 Å². The van der Waals surface area contributed by atoms with Crippen LogP contribution in [0.15, 0.2) is 23.2 Å². The van der Waals surface area contributed by atoms with Crippen LogP contribution in [0.25, 0.3) is 10.2 Å². The SMILES string of the molecule is CCOC(=O)Cn1c(=NC(=O)C2CC2)sc2cc(C(=O)OCC)ccc21. The largest absolute Gasteiger partial charge is 0.465 e. The molecule has 1 aromatic carbocycles. The molecule has 1 saturated carbocycles. The molecule has 0 N–H and O–H groups in total. The van der Waals surface area contributed by atoms with Gasteiger partial charge in [-0.25, -0.2) is 4.79 Å². The van der Waals surface area contributed by atoms with E-state index in [9.17, 15) is 14.4 Å². The van der Waals surface area contributed by atoms with E-state index in [0.29, 0.717) is 17.0 Å². The molecule has 1 aliphatic rings. The van der Waals surface area contributed by atoms with E-state index in [1.807, 2.05) is 0 Å². The van der Waals surface area contributed by atoms with Crippen LogP contribution in [0.1, 0.15) is 37.0 Å². The van der Waals surface area contributed by atoms with E-state index in [2.05, 4.69) is 4.99 Å². The van der Waals surface area contributed by atoms with Crippen LogP contribution < -0.4 is 4.80 Å². The van der Waals surface area contributed by atoms with Gasteiger partial charge in [-0.1, -0.05) is 11.3 Å². The molecule has 0 bridgehead atoms. The van der Waals surface area contributed by atoms with Gasteiger partial charge in [-0.15, -0.1) is 0 Å². The van der Waals surface area contributed by atoms with Crippen molar-refractivity contribution < 1.29 is 23.9 Å². The third-order valence-corrected chi connectivity index (χ3v) is 4.96. The first kappa shape index (κ1) is 18.3. The second-order valence-electron chi connectivity index (χ2n) is 5.90. The first-order valence-corrected chi connectivity index (χ1v) is 9.39. The maximum Gasteiger partial charge on any atom is 0.338 e. The number of amides is 1. The number of rotatable bonds is 6. The Morgan fingerprint density at radius 1 is 1.19 bits per heavy atom. The standard InChI is InChI=1S/C18H20N2O5S/c1-3-24-15(21)10-20-13-8-7-12(17(23)25-4-2)9-14(13)26-18(20)19-16(22)11-5-6-11/h7-9,11H,3-6,10H2,1-2H3. The lowest BCUT2D eigenvalue weighted by Gasteiger charge is -2.06. The van der Waals surface area contributed by atoms with Gasteiger partial charge in [0.25, 0.3) is 5.91 Å². The summed E-state index contributed by atoms with van der Waals surface area (Å²) in [5.74, 6) is -0.986. The molecule has 0 spiro atoms. The highest BCUT2D eigenvalue weighted by Gasteiger charge is 2.29. The van der Waals surface area contributed by atoms with E-state index in [0.717, 1.165) is 23.1 Å². The van der Waals surface area contributed by atoms with Crippen LogP contribution >= 0.6 is 11.3 Å². The highest BCUT2D eigenvalue weighted by atomic mass is 32.1. The Kier molecular flexibility index (Phi) is 5.51. The Morgan fingerprint density at radius 3 is 2.58 bits per heavy atom. The zero-order valence-electron chi connectivity index (χ0n) is 14.7. The highest BCUT2D eigenvalue weighted by Crippen LogP contribution is 2.30. The number of hydrogen-bond donors (Lipinski definition) is 0. The van der Waals surface area contributed by atoms with Crippen molar-refractivity contribution in [3.8, 4) is 0 Å². The normalized spacial score (nSPS) is 14.5. The number of carbonyl (C=O) groups excluding carboxylic acids is 3.